The van der Waals surface area contributed by atoms with Crippen molar-refractivity contribution < 1.29 is 5.11 Å². The number of halogens is 1. The molecule has 1 heterocycles. The van der Waals surface area contributed by atoms with Crippen LogP contribution in [0.15, 0.2) is 4.47 Å². The molecule has 0 saturated heterocycles. The van der Waals surface area contributed by atoms with E-state index in [2.05, 4.69) is 21.0 Å². The second-order valence-corrected chi connectivity index (χ2v) is 7.87. The lowest BCUT2D eigenvalue weighted by Gasteiger charge is -2.42. The Morgan fingerprint density at radius 2 is 1.75 bits per heavy atom. The fraction of sp³-hybridized carbons (Fsp3) is 0.812. The van der Waals surface area contributed by atoms with Crippen LogP contribution in [-0.4, -0.2) is 20.5 Å². The van der Waals surface area contributed by atoms with E-state index in [9.17, 15) is 5.11 Å². The van der Waals surface area contributed by atoms with E-state index in [4.69, 9.17) is 0 Å². The average molecular weight is 341 g/mol. The number of hydrogen-bond acceptors (Lipinski definition) is 2. The summed E-state index contributed by atoms with van der Waals surface area (Å²) in [6, 6.07) is 0. The Labute approximate surface area is 129 Å². The van der Waals surface area contributed by atoms with Gasteiger partial charge in [-0.1, -0.05) is 12.8 Å². The monoisotopic (exact) mass is 340 g/mol. The molecule has 112 valence electrons. The van der Waals surface area contributed by atoms with Crippen LogP contribution >= 0.6 is 15.9 Å². The molecule has 20 heavy (non-hydrogen) atoms. The fourth-order valence-electron chi connectivity index (χ4n) is 4.23. The molecule has 1 aromatic heterocycles. The van der Waals surface area contributed by atoms with Gasteiger partial charge in [0.25, 0.3) is 0 Å². The van der Waals surface area contributed by atoms with Crippen LogP contribution in [0.4, 0.5) is 0 Å². The van der Waals surface area contributed by atoms with E-state index < -0.39 is 5.60 Å². The first-order valence-electron chi connectivity index (χ1n) is 7.84. The molecule has 0 radical (unpaired) electrons. The van der Waals surface area contributed by atoms with E-state index >= 15 is 0 Å². The molecule has 4 heteroatoms. The summed E-state index contributed by atoms with van der Waals surface area (Å²) in [4.78, 5) is 0. The van der Waals surface area contributed by atoms with Crippen LogP contribution in [0.25, 0.3) is 0 Å². The Hall–Kier alpha value is -0.350. The van der Waals surface area contributed by atoms with Crippen LogP contribution in [-0.2, 0) is 13.5 Å². The number of rotatable bonds is 2. The van der Waals surface area contributed by atoms with E-state index in [1.54, 1.807) is 0 Å². The molecular formula is C16H25BrN2O. The van der Waals surface area contributed by atoms with Crippen LogP contribution in [0.3, 0.4) is 0 Å². The molecule has 0 aromatic carbocycles. The molecule has 1 aromatic rings. The molecule has 2 aliphatic carbocycles. The summed E-state index contributed by atoms with van der Waals surface area (Å²) in [5.74, 6) is 0. The van der Waals surface area contributed by atoms with Crippen molar-refractivity contribution in [1.82, 2.24) is 9.78 Å². The van der Waals surface area contributed by atoms with E-state index in [1.807, 2.05) is 18.7 Å². The molecule has 3 nitrogen and oxygen atoms in total. The predicted molar refractivity (Wildman–Crippen MR) is 83.7 cm³/mol. The van der Waals surface area contributed by atoms with Gasteiger partial charge in [-0.05, 0) is 66.8 Å². The maximum absolute atomic E-state index is 11.0. The van der Waals surface area contributed by atoms with Crippen molar-refractivity contribution in [2.24, 2.45) is 12.5 Å². The van der Waals surface area contributed by atoms with Crippen LogP contribution in [0, 0.1) is 12.3 Å². The molecule has 3 rings (SSSR count). The fourth-order valence-corrected chi connectivity index (χ4v) is 4.71. The van der Waals surface area contributed by atoms with Crippen molar-refractivity contribution >= 4 is 15.9 Å². The highest BCUT2D eigenvalue weighted by atomic mass is 79.9. The van der Waals surface area contributed by atoms with Gasteiger partial charge in [-0.2, -0.15) is 5.10 Å². The number of aryl methyl sites for hydroxylation is 2. The van der Waals surface area contributed by atoms with E-state index in [-0.39, 0.29) is 0 Å². The second-order valence-electron chi connectivity index (χ2n) is 7.08. The Bertz CT molecular complexity index is 493. The molecule has 2 saturated carbocycles. The van der Waals surface area contributed by atoms with Crippen LogP contribution < -0.4 is 0 Å². The summed E-state index contributed by atoms with van der Waals surface area (Å²) in [5.41, 5.74) is 2.18. The van der Waals surface area contributed by atoms with E-state index in [0.717, 1.165) is 35.1 Å². The molecular weight excluding hydrogens is 316 g/mol. The van der Waals surface area contributed by atoms with Crippen molar-refractivity contribution in [3.8, 4) is 0 Å². The Morgan fingerprint density at radius 3 is 2.25 bits per heavy atom. The minimum Gasteiger partial charge on any atom is -0.389 e. The maximum Gasteiger partial charge on any atom is 0.0738 e. The topological polar surface area (TPSA) is 38.0 Å². The maximum atomic E-state index is 11.0. The van der Waals surface area contributed by atoms with Gasteiger partial charge >= 0.3 is 0 Å². The summed E-state index contributed by atoms with van der Waals surface area (Å²) in [6.45, 7) is 2.01. The first-order valence-corrected chi connectivity index (χ1v) is 8.63. The van der Waals surface area contributed by atoms with Gasteiger partial charge in [0, 0.05) is 13.5 Å². The summed E-state index contributed by atoms with van der Waals surface area (Å²) < 4.78 is 2.98. The standard InChI is InChI=1S/C16H25BrN2O/c1-12-14(17)13(19(2)18-12)11-16(20)9-7-15(8-10-16)5-3-4-6-15/h20H,3-11H2,1-2H3. The van der Waals surface area contributed by atoms with Crippen LogP contribution in [0.5, 0.6) is 0 Å². The zero-order valence-corrected chi connectivity index (χ0v) is 14.2. The van der Waals surface area contributed by atoms with Crippen LogP contribution in [0.2, 0.25) is 0 Å². The average Bonchev–Trinajstić information content (AvgIpc) is 2.96. The highest BCUT2D eigenvalue weighted by Crippen LogP contribution is 2.51. The Morgan fingerprint density at radius 1 is 1.15 bits per heavy atom. The molecule has 1 N–H and O–H groups in total. The van der Waals surface area contributed by atoms with Crippen molar-refractivity contribution in [2.45, 2.75) is 70.3 Å². The number of nitrogens with zero attached hydrogens (tertiary/aromatic N) is 2. The normalized spacial score (nSPS) is 24.4. The lowest BCUT2D eigenvalue weighted by Crippen LogP contribution is -2.40. The minimum absolute atomic E-state index is 0.531. The van der Waals surface area contributed by atoms with Gasteiger partial charge in [-0.15, -0.1) is 0 Å². The van der Waals surface area contributed by atoms with Crippen molar-refractivity contribution in [2.75, 3.05) is 0 Å². The van der Waals surface area contributed by atoms with Gasteiger partial charge in [-0.25, -0.2) is 0 Å². The Balaban J connectivity index is 1.71. The van der Waals surface area contributed by atoms with Gasteiger partial charge in [0.05, 0.1) is 21.5 Å². The summed E-state index contributed by atoms with van der Waals surface area (Å²) >= 11 is 3.62. The van der Waals surface area contributed by atoms with Crippen molar-refractivity contribution in [3.05, 3.63) is 15.9 Å². The minimum atomic E-state index is -0.531. The van der Waals surface area contributed by atoms with Crippen LogP contribution in [0.1, 0.15) is 62.8 Å². The summed E-state index contributed by atoms with van der Waals surface area (Å²) in [5, 5.41) is 15.4. The largest absolute Gasteiger partial charge is 0.389 e. The zero-order chi connectivity index (χ0) is 14.4. The zero-order valence-electron chi connectivity index (χ0n) is 12.6. The predicted octanol–water partition coefficient (Wildman–Crippen LogP) is 3.90. The van der Waals surface area contributed by atoms with E-state index in [1.165, 1.54) is 38.5 Å². The smallest absolute Gasteiger partial charge is 0.0738 e. The third-order valence-electron chi connectivity index (χ3n) is 5.66. The molecule has 2 aliphatic rings. The highest BCUT2D eigenvalue weighted by molar-refractivity contribution is 9.10. The molecule has 0 amide bonds. The van der Waals surface area contributed by atoms with Crippen molar-refractivity contribution in [1.29, 1.82) is 0 Å². The SMILES string of the molecule is Cc1nn(C)c(CC2(O)CCC3(CCCC3)CC2)c1Br. The molecule has 0 atom stereocenters. The third-order valence-corrected chi connectivity index (χ3v) is 6.70. The lowest BCUT2D eigenvalue weighted by atomic mass is 9.66. The highest BCUT2D eigenvalue weighted by Gasteiger charge is 2.43. The van der Waals surface area contributed by atoms with Gasteiger partial charge in [0.1, 0.15) is 0 Å². The van der Waals surface area contributed by atoms with Crippen molar-refractivity contribution in [3.63, 3.8) is 0 Å². The van der Waals surface area contributed by atoms with E-state index in [0.29, 0.717) is 5.41 Å². The van der Waals surface area contributed by atoms with Gasteiger partial charge < -0.3 is 5.11 Å². The first-order chi connectivity index (χ1) is 9.43. The number of hydrogen-bond donors (Lipinski definition) is 1. The third kappa shape index (κ3) is 2.57. The van der Waals surface area contributed by atoms with Gasteiger partial charge in [-0.3, -0.25) is 4.68 Å². The quantitative estimate of drug-likeness (QED) is 0.886. The number of aromatic nitrogens is 2. The molecule has 1 spiro atoms. The number of aliphatic hydroxyl groups is 1. The first kappa shape index (κ1) is 14.6. The summed E-state index contributed by atoms with van der Waals surface area (Å²) in [7, 11) is 1.97. The molecule has 0 unspecified atom stereocenters. The lowest BCUT2D eigenvalue weighted by molar-refractivity contribution is -0.0335. The molecule has 2 fully saturated rings. The Kier molecular flexibility index (Phi) is 3.74. The second kappa shape index (κ2) is 5.13. The van der Waals surface area contributed by atoms with Gasteiger partial charge in [0.2, 0.25) is 0 Å². The van der Waals surface area contributed by atoms with Gasteiger partial charge in [0.15, 0.2) is 0 Å². The summed E-state index contributed by atoms with van der Waals surface area (Å²) in [6.07, 6.45) is 10.6. The molecule has 0 aliphatic heterocycles. The molecule has 0 bridgehead atoms.